The Labute approximate surface area is 172 Å². The van der Waals surface area contributed by atoms with Crippen LogP contribution in [0.4, 0.5) is 18.9 Å². The molecule has 1 saturated heterocycles. The number of rotatable bonds is 7. The lowest BCUT2D eigenvalue weighted by atomic mass is 10.2. The average molecular weight is 433 g/mol. The molecular weight excluding hydrogens is 409 g/mol. The summed E-state index contributed by atoms with van der Waals surface area (Å²) in [6.45, 7) is 8.19. The van der Waals surface area contributed by atoms with Crippen LogP contribution < -0.4 is 10.6 Å². The van der Waals surface area contributed by atoms with Gasteiger partial charge in [-0.25, -0.2) is 0 Å². The van der Waals surface area contributed by atoms with Crippen LogP contribution in [0.2, 0.25) is 5.02 Å². The SMILES string of the molecule is C=CCNC(=O)C(C)N1CCN(CC(=O)Nc2ccc(Cl)c(C(F)(F)F)c2)CC1. The van der Waals surface area contributed by atoms with Gasteiger partial charge in [0.1, 0.15) is 0 Å². The van der Waals surface area contributed by atoms with Gasteiger partial charge in [0.05, 0.1) is 23.2 Å². The number of carbonyl (C=O) groups is 2. The molecular formula is C19H24ClF3N4O2. The summed E-state index contributed by atoms with van der Waals surface area (Å²) in [7, 11) is 0. The van der Waals surface area contributed by atoms with Gasteiger partial charge in [-0.3, -0.25) is 19.4 Å². The highest BCUT2D eigenvalue weighted by Gasteiger charge is 2.33. The van der Waals surface area contributed by atoms with Crippen LogP contribution in [-0.4, -0.2) is 66.9 Å². The van der Waals surface area contributed by atoms with Gasteiger partial charge >= 0.3 is 6.18 Å². The molecule has 1 aliphatic heterocycles. The van der Waals surface area contributed by atoms with E-state index in [0.717, 1.165) is 12.1 Å². The predicted molar refractivity (Wildman–Crippen MR) is 106 cm³/mol. The van der Waals surface area contributed by atoms with Gasteiger partial charge < -0.3 is 10.6 Å². The van der Waals surface area contributed by atoms with Crippen LogP contribution in [-0.2, 0) is 15.8 Å². The average Bonchev–Trinajstić information content (AvgIpc) is 2.66. The summed E-state index contributed by atoms with van der Waals surface area (Å²) >= 11 is 5.58. The van der Waals surface area contributed by atoms with E-state index in [9.17, 15) is 22.8 Å². The lowest BCUT2D eigenvalue weighted by Gasteiger charge is -2.37. The third kappa shape index (κ3) is 6.73. The smallest absolute Gasteiger partial charge is 0.351 e. The Morgan fingerprint density at radius 3 is 2.52 bits per heavy atom. The number of amides is 2. The molecule has 1 aromatic carbocycles. The molecule has 1 aliphatic rings. The van der Waals surface area contributed by atoms with Gasteiger partial charge in [0.15, 0.2) is 0 Å². The first-order valence-electron chi connectivity index (χ1n) is 9.13. The van der Waals surface area contributed by atoms with Crippen molar-refractivity contribution in [2.24, 2.45) is 0 Å². The Balaban J connectivity index is 1.84. The highest BCUT2D eigenvalue weighted by Crippen LogP contribution is 2.36. The normalized spacial score (nSPS) is 16.9. The van der Waals surface area contributed by atoms with Crippen molar-refractivity contribution in [3.05, 3.63) is 41.4 Å². The minimum atomic E-state index is -4.59. The van der Waals surface area contributed by atoms with Gasteiger partial charge in [-0.15, -0.1) is 6.58 Å². The van der Waals surface area contributed by atoms with E-state index in [1.807, 2.05) is 16.7 Å². The highest BCUT2D eigenvalue weighted by atomic mass is 35.5. The van der Waals surface area contributed by atoms with Gasteiger partial charge in [0, 0.05) is 38.4 Å². The second kappa shape index (κ2) is 10.1. The third-order valence-electron chi connectivity index (χ3n) is 4.68. The van der Waals surface area contributed by atoms with Crippen molar-refractivity contribution < 1.29 is 22.8 Å². The summed E-state index contributed by atoms with van der Waals surface area (Å²) in [5.74, 6) is -0.495. The van der Waals surface area contributed by atoms with Crippen molar-refractivity contribution in [3.63, 3.8) is 0 Å². The molecule has 1 atom stereocenters. The first kappa shape index (κ1) is 23.2. The zero-order valence-electron chi connectivity index (χ0n) is 16.1. The van der Waals surface area contributed by atoms with Crippen molar-refractivity contribution in [2.45, 2.75) is 19.1 Å². The first-order valence-corrected chi connectivity index (χ1v) is 9.51. The van der Waals surface area contributed by atoms with E-state index in [1.54, 1.807) is 6.08 Å². The van der Waals surface area contributed by atoms with Crippen LogP contribution >= 0.6 is 11.6 Å². The molecule has 2 rings (SSSR count). The number of hydrogen-bond donors (Lipinski definition) is 2. The fraction of sp³-hybridized carbons (Fsp3) is 0.474. The predicted octanol–water partition coefficient (Wildman–Crippen LogP) is 2.61. The molecule has 29 heavy (non-hydrogen) atoms. The van der Waals surface area contributed by atoms with Gasteiger partial charge in [-0.1, -0.05) is 17.7 Å². The second-order valence-corrected chi connectivity index (χ2v) is 7.17. The van der Waals surface area contributed by atoms with Crippen molar-refractivity contribution in [1.82, 2.24) is 15.1 Å². The molecule has 1 heterocycles. The van der Waals surface area contributed by atoms with E-state index in [1.165, 1.54) is 6.07 Å². The summed E-state index contributed by atoms with van der Waals surface area (Å²) < 4.78 is 38.8. The Kier molecular flexibility index (Phi) is 8.06. The fourth-order valence-corrected chi connectivity index (χ4v) is 3.24. The molecule has 0 aliphatic carbocycles. The van der Waals surface area contributed by atoms with E-state index in [0.29, 0.717) is 32.7 Å². The van der Waals surface area contributed by atoms with Crippen LogP contribution in [0.3, 0.4) is 0 Å². The van der Waals surface area contributed by atoms with Crippen LogP contribution in [0.5, 0.6) is 0 Å². The van der Waals surface area contributed by atoms with Crippen molar-refractivity contribution >= 4 is 29.1 Å². The summed E-state index contributed by atoms with van der Waals surface area (Å²) in [4.78, 5) is 28.1. The Bertz CT molecular complexity index is 749. The summed E-state index contributed by atoms with van der Waals surface area (Å²) in [5.41, 5.74) is -0.952. The molecule has 0 spiro atoms. The molecule has 0 saturated carbocycles. The van der Waals surface area contributed by atoms with Gasteiger partial charge in [-0.05, 0) is 25.1 Å². The summed E-state index contributed by atoms with van der Waals surface area (Å²) in [5, 5.41) is 4.81. The molecule has 2 amide bonds. The Morgan fingerprint density at radius 2 is 1.93 bits per heavy atom. The number of benzene rings is 1. The number of alkyl halides is 3. The number of anilines is 1. The quantitative estimate of drug-likeness (QED) is 0.650. The molecule has 6 nitrogen and oxygen atoms in total. The monoisotopic (exact) mass is 432 g/mol. The lowest BCUT2D eigenvalue weighted by molar-refractivity contribution is -0.137. The number of hydrogen-bond acceptors (Lipinski definition) is 4. The molecule has 0 bridgehead atoms. The maximum Gasteiger partial charge on any atom is 0.417 e. The summed E-state index contributed by atoms with van der Waals surface area (Å²) in [6, 6.07) is 2.97. The first-order chi connectivity index (χ1) is 13.6. The number of piperazine rings is 1. The fourth-order valence-electron chi connectivity index (χ4n) is 3.02. The largest absolute Gasteiger partial charge is 0.417 e. The maximum atomic E-state index is 12.9. The number of nitrogens with zero attached hydrogens (tertiary/aromatic N) is 2. The topological polar surface area (TPSA) is 64.7 Å². The van der Waals surface area contributed by atoms with Crippen LogP contribution in [0.25, 0.3) is 0 Å². The molecule has 1 aromatic rings. The van der Waals surface area contributed by atoms with Gasteiger partial charge in [0.25, 0.3) is 0 Å². The number of nitrogens with one attached hydrogen (secondary N) is 2. The lowest BCUT2D eigenvalue weighted by Crippen LogP contribution is -2.54. The zero-order chi connectivity index (χ0) is 21.6. The highest BCUT2D eigenvalue weighted by molar-refractivity contribution is 6.31. The number of halogens is 4. The van der Waals surface area contributed by atoms with Crippen molar-refractivity contribution in [2.75, 3.05) is 44.6 Å². The van der Waals surface area contributed by atoms with Gasteiger partial charge in [0.2, 0.25) is 11.8 Å². The maximum absolute atomic E-state index is 12.9. The van der Waals surface area contributed by atoms with E-state index >= 15 is 0 Å². The Hall–Kier alpha value is -2.10. The second-order valence-electron chi connectivity index (χ2n) is 6.76. The van der Waals surface area contributed by atoms with E-state index in [-0.39, 0.29) is 24.2 Å². The minimum absolute atomic E-state index is 0.0397. The minimum Gasteiger partial charge on any atom is -0.351 e. The van der Waals surface area contributed by atoms with Gasteiger partial charge in [-0.2, -0.15) is 13.2 Å². The zero-order valence-corrected chi connectivity index (χ0v) is 16.8. The Morgan fingerprint density at radius 1 is 1.28 bits per heavy atom. The molecule has 10 heteroatoms. The van der Waals surface area contributed by atoms with E-state index < -0.39 is 22.7 Å². The van der Waals surface area contributed by atoms with E-state index in [4.69, 9.17) is 11.6 Å². The molecule has 0 aromatic heterocycles. The molecule has 160 valence electrons. The van der Waals surface area contributed by atoms with Crippen LogP contribution in [0.1, 0.15) is 12.5 Å². The van der Waals surface area contributed by atoms with Crippen LogP contribution in [0, 0.1) is 0 Å². The van der Waals surface area contributed by atoms with Crippen LogP contribution in [0.15, 0.2) is 30.9 Å². The molecule has 1 unspecified atom stereocenters. The third-order valence-corrected chi connectivity index (χ3v) is 5.01. The van der Waals surface area contributed by atoms with E-state index in [2.05, 4.69) is 17.2 Å². The molecule has 2 N–H and O–H groups in total. The van der Waals surface area contributed by atoms with Crippen molar-refractivity contribution in [1.29, 1.82) is 0 Å². The molecule has 1 fully saturated rings. The number of carbonyl (C=O) groups excluding carboxylic acids is 2. The summed E-state index contributed by atoms with van der Waals surface area (Å²) in [6.07, 6.45) is -2.98. The standard InChI is InChI=1S/C19H24ClF3N4O2/c1-3-6-24-18(29)13(2)27-9-7-26(8-10-27)12-17(28)25-14-4-5-16(20)15(11-14)19(21,22)23/h3-5,11,13H,1,6-10,12H2,2H3,(H,24,29)(H,25,28). The van der Waals surface area contributed by atoms with Crippen molar-refractivity contribution in [3.8, 4) is 0 Å². The molecule has 0 radical (unpaired) electrons.